The van der Waals surface area contributed by atoms with Crippen LogP contribution in [0, 0.1) is 0 Å². The molecule has 2 amide bonds. The summed E-state index contributed by atoms with van der Waals surface area (Å²) in [5.41, 5.74) is 3.48. The monoisotopic (exact) mass is 321 g/mol. The fourth-order valence-corrected chi connectivity index (χ4v) is 2.67. The minimum absolute atomic E-state index is 0.212. The van der Waals surface area contributed by atoms with Crippen LogP contribution in [0.4, 0.5) is 10.5 Å². The number of nitrogens with one attached hydrogen (secondary N) is 2. The summed E-state index contributed by atoms with van der Waals surface area (Å²) in [7, 11) is 0. The van der Waals surface area contributed by atoms with Gasteiger partial charge in [-0.2, -0.15) is 0 Å². The van der Waals surface area contributed by atoms with Crippen LogP contribution in [0.1, 0.15) is 30.2 Å². The third kappa shape index (κ3) is 3.40. The number of urea groups is 1. The van der Waals surface area contributed by atoms with Crippen LogP contribution >= 0.6 is 0 Å². The molecule has 2 N–H and O–H groups in total. The van der Waals surface area contributed by atoms with Crippen molar-refractivity contribution < 1.29 is 9.21 Å². The Bertz CT molecular complexity index is 853. The number of hydrogen-bond acceptors (Lipinski definition) is 3. The van der Waals surface area contributed by atoms with Crippen molar-refractivity contribution in [1.82, 2.24) is 10.3 Å². The molecule has 24 heavy (non-hydrogen) atoms. The highest BCUT2D eigenvalue weighted by molar-refractivity contribution is 5.91. The van der Waals surface area contributed by atoms with E-state index in [0.29, 0.717) is 12.5 Å². The number of benzene rings is 2. The van der Waals surface area contributed by atoms with E-state index < -0.39 is 0 Å². The van der Waals surface area contributed by atoms with Gasteiger partial charge in [0.1, 0.15) is 5.52 Å². The van der Waals surface area contributed by atoms with Crippen LogP contribution in [-0.4, -0.2) is 17.6 Å². The van der Waals surface area contributed by atoms with Gasteiger partial charge in [-0.3, -0.25) is 0 Å². The number of nitrogens with zero attached hydrogens (tertiary/aromatic N) is 1. The molecule has 3 aromatic rings. The number of carbonyl (C=O) groups excluding carboxylic acids is 1. The molecule has 1 aromatic heterocycles. The number of fused-ring (bicyclic) bond motifs is 1. The van der Waals surface area contributed by atoms with Crippen LogP contribution in [0.2, 0.25) is 0 Å². The predicted molar refractivity (Wildman–Crippen MR) is 93.2 cm³/mol. The highest BCUT2D eigenvalue weighted by Crippen LogP contribution is 2.40. The second-order valence-electron chi connectivity index (χ2n) is 6.13. The highest BCUT2D eigenvalue weighted by Gasteiger charge is 2.28. The number of rotatable bonds is 5. The van der Waals surface area contributed by atoms with E-state index in [0.717, 1.165) is 41.9 Å². The number of amides is 2. The molecule has 1 heterocycles. The Morgan fingerprint density at radius 3 is 2.79 bits per heavy atom. The molecular weight excluding hydrogens is 302 g/mol. The molecule has 0 spiro atoms. The first kappa shape index (κ1) is 14.8. The van der Waals surface area contributed by atoms with Gasteiger partial charge in [0.15, 0.2) is 11.5 Å². The van der Waals surface area contributed by atoms with E-state index >= 15 is 0 Å². The second-order valence-corrected chi connectivity index (χ2v) is 6.13. The second kappa shape index (κ2) is 6.35. The van der Waals surface area contributed by atoms with Crippen molar-refractivity contribution >= 4 is 22.8 Å². The van der Waals surface area contributed by atoms with E-state index in [1.54, 1.807) is 0 Å². The maximum Gasteiger partial charge on any atom is 0.319 e. The molecule has 0 bridgehead atoms. The van der Waals surface area contributed by atoms with Crippen LogP contribution in [0.5, 0.6) is 0 Å². The Morgan fingerprint density at radius 2 is 2.00 bits per heavy atom. The summed E-state index contributed by atoms with van der Waals surface area (Å²) in [4.78, 5) is 16.5. The van der Waals surface area contributed by atoms with E-state index in [4.69, 9.17) is 4.42 Å². The van der Waals surface area contributed by atoms with Crippen LogP contribution in [0.3, 0.4) is 0 Å². The number of aromatic nitrogens is 1. The lowest BCUT2D eigenvalue weighted by Gasteiger charge is -2.07. The Labute approximate surface area is 140 Å². The Balaban J connectivity index is 1.34. The summed E-state index contributed by atoms with van der Waals surface area (Å²) < 4.78 is 5.73. The van der Waals surface area contributed by atoms with Gasteiger partial charge in [-0.05, 0) is 43.0 Å². The molecule has 4 rings (SSSR count). The molecule has 0 aliphatic heterocycles. The van der Waals surface area contributed by atoms with E-state index in [1.165, 1.54) is 5.56 Å². The van der Waals surface area contributed by atoms with Crippen molar-refractivity contribution in [3.8, 4) is 0 Å². The lowest BCUT2D eigenvalue weighted by Crippen LogP contribution is -2.30. The lowest BCUT2D eigenvalue weighted by atomic mass is 10.1. The van der Waals surface area contributed by atoms with Gasteiger partial charge in [-0.15, -0.1) is 0 Å². The fraction of sp³-hybridized carbons (Fsp3) is 0.263. The molecule has 122 valence electrons. The quantitative estimate of drug-likeness (QED) is 0.744. The van der Waals surface area contributed by atoms with Crippen molar-refractivity contribution in [1.29, 1.82) is 0 Å². The Morgan fingerprint density at radius 1 is 1.17 bits per heavy atom. The molecule has 0 radical (unpaired) electrons. The van der Waals surface area contributed by atoms with Gasteiger partial charge in [0.05, 0.1) is 0 Å². The average molecular weight is 321 g/mol. The largest absolute Gasteiger partial charge is 0.440 e. The van der Waals surface area contributed by atoms with E-state index in [-0.39, 0.29) is 6.03 Å². The molecule has 1 fully saturated rings. The normalized spacial score (nSPS) is 13.8. The summed E-state index contributed by atoms with van der Waals surface area (Å²) in [6.07, 6.45) is 3.12. The van der Waals surface area contributed by atoms with Crippen LogP contribution in [-0.2, 0) is 6.42 Å². The van der Waals surface area contributed by atoms with E-state index in [2.05, 4.69) is 27.8 Å². The smallest absolute Gasteiger partial charge is 0.319 e. The lowest BCUT2D eigenvalue weighted by molar-refractivity contribution is 0.252. The molecule has 0 unspecified atom stereocenters. The van der Waals surface area contributed by atoms with E-state index in [9.17, 15) is 4.79 Å². The molecule has 1 aliphatic rings. The summed E-state index contributed by atoms with van der Waals surface area (Å²) in [5, 5.41) is 5.71. The molecule has 1 saturated carbocycles. The summed E-state index contributed by atoms with van der Waals surface area (Å²) in [6.45, 7) is 0.591. The molecule has 1 aliphatic carbocycles. The van der Waals surface area contributed by atoms with Gasteiger partial charge in [0.2, 0.25) is 0 Å². The van der Waals surface area contributed by atoms with Crippen LogP contribution in [0.25, 0.3) is 11.1 Å². The topological polar surface area (TPSA) is 67.2 Å². The first-order chi connectivity index (χ1) is 11.8. The maximum atomic E-state index is 12.0. The van der Waals surface area contributed by atoms with Crippen molar-refractivity contribution in [3.63, 3.8) is 0 Å². The Hall–Kier alpha value is -2.82. The average Bonchev–Trinajstić information content (AvgIpc) is 3.35. The summed E-state index contributed by atoms with van der Waals surface area (Å²) in [5.74, 6) is 1.30. The zero-order valence-electron chi connectivity index (χ0n) is 13.3. The zero-order valence-corrected chi connectivity index (χ0v) is 13.3. The summed E-state index contributed by atoms with van der Waals surface area (Å²) in [6, 6.07) is 15.4. The number of hydrogen-bond donors (Lipinski definition) is 2. The fourth-order valence-electron chi connectivity index (χ4n) is 2.67. The van der Waals surface area contributed by atoms with Gasteiger partial charge in [0, 0.05) is 18.2 Å². The van der Waals surface area contributed by atoms with Crippen LogP contribution in [0.15, 0.2) is 52.9 Å². The predicted octanol–water partition coefficient (Wildman–Crippen LogP) is 4.07. The summed E-state index contributed by atoms with van der Waals surface area (Å²) >= 11 is 0. The highest BCUT2D eigenvalue weighted by atomic mass is 16.3. The van der Waals surface area contributed by atoms with Crippen molar-refractivity contribution in [2.75, 3.05) is 11.9 Å². The number of anilines is 1. The third-order valence-electron chi connectivity index (χ3n) is 4.13. The van der Waals surface area contributed by atoms with Crippen molar-refractivity contribution in [3.05, 3.63) is 60.0 Å². The van der Waals surface area contributed by atoms with Gasteiger partial charge >= 0.3 is 6.03 Å². The van der Waals surface area contributed by atoms with Gasteiger partial charge in [-0.1, -0.05) is 30.3 Å². The standard InChI is InChI=1S/C19H19N3O2/c23-19(20-11-10-13-4-2-1-3-5-13)21-15-8-9-17-16(12-15)22-18(24-17)14-6-7-14/h1-5,8-9,12,14H,6-7,10-11H2,(H2,20,21,23). The number of carbonyl (C=O) groups is 1. The van der Waals surface area contributed by atoms with Crippen LogP contribution < -0.4 is 10.6 Å². The van der Waals surface area contributed by atoms with E-state index in [1.807, 2.05) is 36.4 Å². The molecular formula is C19H19N3O2. The molecule has 5 heteroatoms. The number of oxazole rings is 1. The molecule has 0 saturated heterocycles. The SMILES string of the molecule is O=C(NCCc1ccccc1)Nc1ccc2oc(C3CC3)nc2c1. The first-order valence-corrected chi connectivity index (χ1v) is 8.27. The van der Waals surface area contributed by atoms with Gasteiger partial charge < -0.3 is 15.1 Å². The molecule has 5 nitrogen and oxygen atoms in total. The van der Waals surface area contributed by atoms with Gasteiger partial charge in [0.25, 0.3) is 0 Å². The van der Waals surface area contributed by atoms with Crippen molar-refractivity contribution in [2.45, 2.75) is 25.2 Å². The Kier molecular flexibility index (Phi) is 3.91. The molecule has 2 aromatic carbocycles. The third-order valence-corrected chi connectivity index (χ3v) is 4.13. The maximum absolute atomic E-state index is 12.0. The zero-order chi connectivity index (χ0) is 16.4. The first-order valence-electron chi connectivity index (χ1n) is 8.27. The van der Waals surface area contributed by atoms with Gasteiger partial charge in [-0.25, -0.2) is 9.78 Å². The minimum atomic E-state index is -0.212. The van der Waals surface area contributed by atoms with Crippen molar-refractivity contribution in [2.24, 2.45) is 0 Å². The molecule has 0 atom stereocenters. The minimum Gasteiger partial charge on any atom is -0.440 e.